The van der Waals surface area contributed by atoms with Gasteiger partial charge in [-0.15, -0.1) is 0 Å². The Morgan fingerprint density at radius 3 is 2.70 bits per heavy atom. The molecule has 0 aliphatic rings. The van der Waals surface area contributed by atoms with Gasteiger partial charge in [0.2, 0.25) is 0 Å². The van der Waals surface area contributed by atoms with Crippen molar-refractivity contribution in [2.45, 2.75) is 13.8 Å². The van der Waals surface area contributed by atoms with Crippen molar-refractivity contribution in [3.8, 4) is 0 Å². The SMILES string of the molecule is Cc1ccc2c(C(=O)c3cccc(N)c3C)c[nH]c2c1. The molecule has 0 spiro atoms. The van der Waals surface area contributed by atoms with Crippen LogP contribution in [0.1, 0.15) is 27.0 Å². The number of H-pyrrole nitrogens is 1. The van der Waals surface area contributed by atoms with Crippen LogP contribution in [0.5, 0.6) is 0 Å². The lowest BCUT2D eigenvalue weighted by atomic mass is 9.97. The van der Waals surface area contributed by atoms with Crippen molar-refractivity contribution in [3.63, 3.8) is 0 Å². The summed E-state index contributed by atoms with van der Waals surface area (Å²) in [4.78, 5) is 15.9. The number of nitrogen functional groups attached to an aromatic ring is 1. The third-order valence-corrected chi connectivity index (χ3v) is 3.70. The molecule has 0 unspecified atom stereocenters. The van der Waals surface area contributed by atoms with E-state index in [-0.39, 0.29) is 5.78 Å². The molecule has 20 heavy (non-hydrogen) atoms. The van der Waals surface area contributed by atoms with Crippen molar-refractivity contribution in [1.82, 2.24) is 4.98 Å². The number of aromatic nitrogens is 1. The van der Waals surface area contributed by atoms with E-state index in [0.717, 1.165) is 16.5 Å². The number of hydrogen-bond donors (Lipinski definition) is 2. The maximum absolute atomic E-state index is 12.7. The summed E-state index contributed by atoms with van der Waals surface area (Å²) < 4.78 is 0. The van der Waals surface area contributed by atoms with Crippen molar-refractivity contribution in [2.75, 3.05) is 5.73 Å². The summed E-state index contributed by atoms with van der Waals surface area (Å²) in [6.45, 7) is 3.91. The van der Waals surface area contributed by atoms with Gasteiger partial charge in [-0.1, -0.05) is 24.3 Å². The van der Waals surface area contributed by atoms with Crippen LogP contribution in [-0.2, 0) is 0 Å². The van der Waals surface area contributed by atoms with Crippen LogP contribution >= 0.6 is 0 Å². The second-order valence-electron chi connectivity index (χ2n) is 5.10. The molecule has 2 aromatic carbocycles. The van der Waals surface area contributed by atoms with Crippen molar-refractivity contribution < 1.29 is 4.79 Å². The van der Waals surface area contributed by atoms with Crippen LogP contribution < -0.4 is 5.73 Å². The van der Waals surface area contributed by atoms with E-state index < -0.39 is 0 Å². The van der Waals surface area contributed by atoms with E-state index in [4.69, 9.17) is 5.73 Å². The van der Waals surface area contributed by atoms with E-state index in [9.17, 15) is 4.79 Å². The fourth-order valence-corrected chi connectivity index (χ4v) is 2.47. The number of carbonyl (C=O) groups excluding carboxylic acids is 1. The van der Waals surface area contributed by atoms with Crippen molar-refractivity contribution in [3.05, 3.63) is 64.8 Å². The Bertz CT molecular complexity index is 815. The van der Waals surface area contributed by atoms with E-state index in [1.807, 2.05) is 50.2 Å². The van der Waals surface area contributed by atoms with Gasteiger partial charge in [-0.3, -0.25) is 4.79 Å². The molecular formula is C17H16N2O. The first-order chi connectivity index (χ1) is 9.58. The summed E-state index contributed by atoms with van der Waals surface area (Å²) in [7, 11) is 0. The number of benzene rings is 2. The lowest BCUT2D eigenvalue weighted by molar-refractivity contribution is 0.104. The predicted molar refractivity (Wildman–Crippen MR) is 82.1 cm³/mol. The normalized spacial score (nSPS) is 10.9. The highest BCUT2D eigenvalue weighted by atomic mass is 16.1. The average Bonchev–Trinajstić information content (AvgIpc) is 2.84. The third-order valence-electron chi connectivity index (χ3n) is 3.70. The fraction of sp³-hybridized carbons (Fsp3) is 0.118. The van der Waals surface area contributed by atoms with Gasteiger partial charge < -0.3 is 10.7 Å². The minimum absolute atomic E-state index is 0.00454. The first-order valence-corrected chi connectivity index (χ1v) is 6.55. The van der Waals surface area contributed by atoms with Crippen molar-refractivity contribution in [1.29, 1.82) is 0 Å². The molecule has 0 amide bonds. The summed E-state index contributed by atoms with van der Waals surface area (Å²) >= 11 is 0. The highest BCUT2D eigenvalue weighted by Gasteiger charge is 2.16. The Morgan fingerprint density at radius 1 is 1.10 bits per heavy atom. The van der Waals surface area contributed by atoms with Crippen LogP contribution in [-0.4, -0.2) is 10.8 Å². The summed E-state index contributed by atoms with van der Waals surface area (Å²) in [6, 6.07) is 11.5. The first kappa shape index (κ1) is 12.5. The summed E-state index contributed by atoms with van der Waals surface area (Å²) in [5, 5.41) is 0.947. The zero-order valence-corrected chi connectivity index (χ0v) is 11.5. The van der Waals surface area contributed by atoms with E-state index in [0.29, 0.717) is 16.8 Å². The van der Waals surface area contributed by atoms with E-state index >= 15 is 0 Å². The first-order valence-electron chi connectivity index (χ1n) is 6.55. The zero-order chi connectivity index (χ0) is 14.3. The smallest absolute Gasteiger partial charge is 0.195 e. The van der Waals surface area contributed by atoms with Crippen LogP contribution in [0.15, 0.2) is 42.6 Å². The number of anilines is 1. The number of fused-ring (bicyclic) bond motifs is 1. The van der Waals surface area contributed by atoms with Gasteiger partial charge in [-0.25, -0.2) is 0 Å². The Balaban J connectivity index is 2.16. The number of nitrogens with one attached hydrogen (secondary N) is 1. The number of carbonyl (C=O) groups is 1. The van der Waals surface area contributed by atoms with Gasteiger partial charge in [0.15, 0.2) is 5.78 Å². The quantitative estimate of drug-likeness (QED) is 0.549. The number of aryl methyl sites for hydroxylation is 1. The lowest BCUT2D eigenvalue weighted by Crippen LogP contribution is -2.05. The molecule has 3 rings (SSSR count). The topological polar surface area (TPSA) is 58.9 Å². The summed E-state index contributed by atoms with van der Waals surface area (Å²) in [5.74, 6) is 0.00454. The number of rotatable bonds is 2. The van der Waals surface area contributed by atoms with Gasteiger partial charge in [-0.2, -0.15) is 0 Å². The molecule has 0 radical (unpaired) electrons. The largest absolute Gasteiger partial charge is 0.398 e. The molecule has 0 saturated heterocycles. The molecular weight excluding hydrogens is 248 g/mol. The Kier molecular flexibility index (Phi) is 2.83. The number of ketones is 1. The maximum atomic E-state index is 12.7. The van der Waals surface area contributed by atoms with Crippen molar-refractivity contribution >= 4 is 22.4 Å². The van der Waals surface area contributed by atoms with E-state index in [1.165, 1.54) is 5.56 Å². The molecule has 0 aliphatic carbocycles. The predicted octanol–water partition coefficient (Wildman–Crippen LogP) is 3.60. The maximum Gasteiger partial charge on any atom is 0.195 e. The van der Waals surface area contributed by atoms with Gasteiger partial charge in [0.05, 0.1) is 0 Å². The van der Waals surface area contributed by atoms with Crippen molar-refractivity contribution in [2.24, 2.45) is 0 Å². The van der Waals surface area contributed by atoms with Crippen LogP contribution in [0.25, 0.3) is 10.9 Å². The van der Waals surface area contributed by atoms with Gasteiger partial charge in [-0.05, 0) is 37.1 Å². The van der Waals surface area contributed by atoms with Crippen LogP contribution in [0.2, 0.25) is 0 Å². The molecule has 0 fully saturated rings. The minimum Gasteiger partial charge on any atom is -0.398 e. The molecule has 0 atom stereocenters. The average molecular weight is 264 g/mol. The van der Waals surface area contributed by atoms with E-state index in [1.54, 1.807) is 6.20 Å². The Morgan fingerprint density at radius 2 is 1.90 bits per heavy atom. The molecule has 0 aliphatic heterocycles. The molecule has 0 bridgehead atoms. The molecule has 1 heterocycles. The van der Waals surface area contributed by atoms with Gasteiger partial charge >= 0.3 is 0 Å². The molecule has 1 aromatic heterocycles. The second kappa shape index (κ2) is 4.53. The molecule has 100 valence electrons. The summed E-state index contributed by atoms with van der Waals surface area (Å²) in [6.07, 6.45) is 1.77. The number of nitrogens with two attached hydrogens (primary N) is 1. The third kappa shape index (κ3) is 1.88. The number of hydrogen-bond acceptors (Lipinski definition) is 2. The molecule has 0 saturated carbocycles. The fourth-order valence-electron chi connectivity index (χ4n) is 2.47. The lowest BCUT2D eigenvalue weighted by Gasteiger charge is -2.06. The zero-order valence-electron chi connectivity index (χ0n) is 11.5. The Labute approximate surface area is 117 Å². The monoisotopic (exact) mass is 264 g/mol. The Hall–Kier alpha value is -2.55. The van der Waals surface area contributed by atoms with E-state index in [2.05, 4.69) is 4.98 Å². The van der Waals surface area contributed by atoms with Crippen LogP contribution in [0, 0.1) is 13.8 Å². The van der Waals surface area contributed by atoms with Gasteiger partial charge in [0, 0.05) is 33.9 Å². The standard InChI is InChI=1S/C17H16N2O/c1-10-6-7-13-14(9-19-16(13)8-10)17(20)12-4-3-5-15(18)11(12)2/h3-9,19H,18H2,1-2H3. The second-order valence-corrected chi connectivity index (χ2v) is 5.10. The summed E-state index contributed by atoms with van der Waals surface area (Å²) in [5.41, 5.74) is 10.9. The van der Waals surface area contributed by atoms with Crippen LogP contribution in [0.4, 0.5) is 5.69 Å². The minimum atomic E-state index is 0.00454. The highest BCUT2D eigenvalue weighted by molar-refractivity contribution is 6.17. The highest BCUT2D eigenvalue weighted by Crippen LogP contribution is 2.25. The number of aromatic amines is 1. The van der Waals surface area contributed by atoms with Crippen LogP contribution in [0.3, 0.4) is 0 Å². The molecule has 3 nitrogen and oxygen atoms in total. The van der Waals surface area contributed by atoms with Gasteiger partial charge in [0.25, 0.3) is 0 Å². The molecule has 3 N–H and O–H groups in total. The van der Waals surface area contributed by atoms with Gasteiger partial charge in [0.1, 0.15) is 0 Å². The molecule has 3 heteroatoms. The molecule has 3 aromatic rings.